The molecule has 1 rings (SSSR count). The van der Waals surface area contributed by atoms with Crippen LogP contribution in [-0.2, 0) is 16.0 Å². The molecule has 0 bridgehead atoms. The molecule has 0 amide bonds. The van der Waals surface area contributed by atoms with Gasteiger partial charge in [-0.15, -0.1) is 0 Å². The van der Waals surface area contributed by atoms with Crippen molar-refractivity contribution >= 4 is 28.6 Å². The molecular formula is C11H12F2INO2. The van der Waals surface area contributed by atoms with E-state index in [9.17, 15) is 13.6 Å². The molecule has 6 heteroatoms. The van der Waals surface area contributed by atoms with E-state index in [1.807, 2.05) is 22.6 Å². The Labute approximate surface area is 112 Å². The Hall–Kier alpha value is -0.790. The fourth-order valence-electron chi connectivity index (χ4n) is 1.47. The van der Waals surface area contributed by atoms with Gasteiger partial charge in [0.15, 0.2) is 0 Å². The van der Waals surface area contributed by atoms with Gasteiger partial charge in [-0.1, -0.05) is 0 Å². The number of hydrogen-bond donors (Lipinski definition) is 0. The molecule has 0 fully saturated rings. The highest BCUT2D eigenvalue weighted by atomic mass is 127. The van der Waals surface area contributed by atoms with Gasteiger partial charge in [-0.3, -0.25) is 9.78 Å². The topological polar surface area (TPSA) is 39.2 Å². The number of carbonyl (C=O) groups excluding carboxylic acids is 1. The molecule has 1 aromatic heterocycles. The molecule has 0 saturated heterocycles. The molecule has 1 heterocycles. The Bertz CT molecular complexity index is 424. The van der Waals surface area contributed by atoms with Crippen LogP contribution in [0.2, 0.25) is 0 Å². The smallest absolute Gasteiger partial charge is 0.310 e. The van der Waals surface area contributed by atoms with Gasteiger partial charge in [0.1, 0.15) is 0 Å². The van der Waals surface area contributed by atoms with Crippen LogP contribution in [0.5, 0.6) is 0 Å². The first-order valence-electron chi connectivity index (χ1n) is 5.05. The fraction of sp³-hybridized carbons (Fsp3) is 0.455. The number of aryl methyl sites for hydroxylation is 1. The van der Waals surface area contributed by atoms with Crippen molar-refractivity contribution in [2.45, 2.75) is 26.7 Å². The maximum Gasteiger partial charge on any atom is 0.310 e. The number of rotatable bonds is 4. The molecule has 0 aromatic carbocycles. The van der Waals surface area contributed by atoms with Crippen molar-refractivity contribution in [2.24, 2.45) is 0 Å². The third-order valence-electron chi connectivity index (χ3n) is 2.22. The molecular weight excluding hydrogens is 343 g/mol. The minimum atomic E-state index is -2.64. The van der Waals surface area contributed by atoms with E-state index in [0.29, 0.717) is 9.13 Å². The first kappa shape index (κ1) is 14.3. The Morgan fingerprint density at radius 3 is 2.76 bits per heavy atom. The summed E-state index contributed by atoms with van der Waals surface area (Å²) in [5.41, 5.74) is 0.399. The van der Waals surface area contributed by atoms with Crippen molar-refractivity contribution in [3.8, 4) is 0 Å². The summed E-state index contributed by atoms with van der Waals surface area (Å²) < 4.78 is 31.1. The van der Waals surface area contributed by atoms with E-state index in [0.717, 1.165) is 0 Å². The van der Waals surface area contributed by atoms with Gasteiger partial charge in [-0.2, -0.15) is 0 Å². The van der Waals surface area contributed by atoms with Crippen LogP contribution in [0.3, 0.4) is 0 Å². The van der Waals surface area contributed by atoms with E-state index >= 15 is 0 Å². The molecule has 0 radical (unpaired) electrons. The second kappa shape index (κ2) is 6.23. The molecule has 0 saturated carbocycles. The average Bonchev–Trinajstić information content (AvgIpc) is 2.23. The number of halogens is 3. The summed E-state index contributed by atoms with van der Waals surface area (Å²) in [6, 6.07) is 0. The summed E-state index contributed by atoms with van der Waals surface area (Å²) in [5, 5.41) is 0. The second-order valence-corrected chi connectivity index (χ2v) is 4.53. The molecule has 0 aliphatic carbocycles. The maximum atomic E-state index is 12.9. The summed E-state index contributed by atoms with van der Waals surface area (Å²) >= 11 is 1.89. The molecule has 0 spiro atoms. The minimum Gasteiger partial charge on any atom is -0.466 e. The van der Waals surface area contributed by atoms with E-state index in [4.69, 9.17) is 4.74 Å². The molecule has 0 N–H and O–H groups in total. The molecule has 0 aliphatic heterocycles. The lowest BCUT2D eigenvalue weighted by molar-refractivity contribution is -0.142. The summed E-state index contributed by atoms with van der Waals surface area (Å²) in [4.78, 5) is 15.2. The van der Waals surface area contributed by atoms with Crippen molar-refractivity contribution in [1.82, 2.24) is 4.98 Å². The molecule has 94 valence electrons. The van der Waals surface area contributed by atoms with Crippen LogP contribution in [0.25, 0.3) is 0 Å². The number of hydrogen-bond acceptors (Lipinski definition) is 3. The summed E-state index contributed by atoms with van der Waals surface area (Å²) in [7, 11) is 0. The van der Waals surface area contributed by atoms with Crippen LogP contribution in [0.1, 0.15) is 30.2 Å². The SMILES string of the molecule is CCOC(=O)Cc1c(I)cnc(C)c1C(F)F. The molecule has 0 aliphatic rings. The lowest BCUT2D eigenvalue weighted by Gasteiger charge is -2.12. The van der Waals surface area contributed by atoms with Crippen LogP contribution >= 0.6 is 22.6 Å². The minimum absolute atomic E-state index is 0.144. The van der Waals surface area contributed by atoms with Gasteiger partial charge in [0, 0.05) is 21.0 Å². The predicted octanol–water partition coefficient (Wildman–Crippen LogP) is 3.04. The molecule has 0 unspecified atom stereocenters. The summed E-state index contributed by atoms with van der Waals surface area (Å²) in [5.74, 6) is -0.502. The molecule has 17 heavy (non-hydrogen) atoms. The number of esters is 1. The molecule has 0 atom stereocenters. The zero-order valence-electron chi connectivity index (χ0n) is 9.47. The van der Waals surface area contributed by atoms with Gasteiger partial charge < -0.3 is 4.74 Å². The van der Waals surface area contributed by atoms with Crippen LogP contribution < -0.4 is 0 Å². The van der Waals surface area contributed by atoms with Gasteiger partial charge in [0.25, 0.3) is 6.43 Å². The van der Waals surface area contributed by atoms with Crippen LogP contribution in [0.4, 0.5) is 8.78 Å². The van der Waals surface area contributed by atoms with Gasteiger partial charge in [0.05, 0.1) is 13.0 Å². The van der Waals surface area contributed by atoms with Crippen molar-refractivity contribution in [3.63, 3.8) is 0 Å². The van der Waals surface area contributed by atoms with Crippen LogP contribution in [0, 0.1) is 10.5 Å². The van der Waals surface area contributed by atoms with E-state index in [1.54, 1.807) is 6.92 Å². The quantitative estimate of drug-likeness (QED) is 0.616. The predicted molar refractivity (Wildman–Crippen MR) is 67.0 cm³/mol. The largest absolute Gasteiger partial charge is 0.466 e. The first-order chi connectivity index (χ1) is 7.97. The number of aromatic nitrogens is 1. The summed E-state index contributed by atoms with van der Waals surface area (Å²) in [6.07, 6.45) is -1.30. The highest BCUT2D eigenvalue weighted by molar-refractivity contribution is 14.1. The van der Waals surface area contributed by atoms with Crippen molar-refractivity contribution < 1.29 is 18.3 Å². The van der Waals surface area contributed by atoms with Crippen molar-refractivity contribution in [2.75, 3.05) is 6.61 Å². The van der Waals surface area contributed by atoms with E-state index < -0.39 is 12.4 Å². The highest BCUT2D eigenvalue weighted by Crippen LogP contribution is 2.28. The van der Waals surface area contributed by atoms with Gasteiger partial charge in [0.2, 0.25) is 0 Å². The van der Waals surface area contributed by atoms with Gasteiger partial charge in [-0.25, -0.2) is 8.78 Å². The lowest BCUT2D eigenvalue weighted by Crippen LogP contribution is -2.12. The lowest BCUT2D eigenvalue weighted by atomic mass is 10.0. The number of alkyl halides is 2. The fourth-order valence-corrected chi connectivity index (χ4v) is 2.09. The van der Waals surface area contributed by atoms with Crippen LogP contribution in [-0.4, -0.2) is 17.6 Å². The third-order valence-corrected chi connectivity index (χ3v) is 3.15. The van der Waals surface area contributed by atoms with Gasteiger partial charge >= 0.3 is 5.97 Å². The van der Waals surface area contributed by atoms with Gasteiger partial charge in [-0.05, 0) is 42.0 Å². The zero-order chi connectivity index (χ0) is 13.0. The van der Waals surface area contributed by atoms with E-state index in [-0.39, 0.29) is 24.3 Å². The highest BCUT2D eigenvalue weighted by Gasteiger charge is 2.21. The van der Waals surface area contributed by atoms with Crippen molar-refractivity contribution in [3.05, 3.63) is 26.6 Å². The van der Waals surface area contributed by atoms with Crippen molar-refractivity contribution in [1.29, 1.82) is 0 Å². The number of pyridine rings is 1. The Morgan fingerprint density at radius 1 is 1.59 bits per heavy atom. The first-order valence-corrected chi connectivity index (χ1v) is 6.12. The Morgan fingerprint density at radius 2 is 2.24 bits per heavy atom. The Balaban J connectivity index is 3.12. The zero-order valence-corrected chi connectivity index (χ0v) is 11.6. The maximum absolute atomic E-state index is 12.9. The number of nitrogens with zero attached hydrogens (tertiary/aromatic N) is 1. The molecule has 3 nitrogen and oxygen atoms in total. The monoisotopic (exact) mass is 355 g/mol. The Kier molecular flexibility index (Phi) is 5.23. The summed E-state index contributed by atoms with van der Waals surface area (Å²) in [6.45, 7) is 3.42. The second-order valence-electron chi connectivity index (χ2n) is 3.37. The third kappa shape index (κ3) is 3.58. The van der Waals surface area contributed by atoms with Crippen LogP contribution in [0.15, 0.2) is 6.20 Å². The van der Waals surface area contributed by atoms with E-state index in [1.165, 1.54) is 13.1 Å². The molecule has 1 aromatic rings. The number of carbonyl (C=O) groups is 1. The number of ether oxygens (including phenoxy) is 1. The standard InChI is InChI=1S/C11H12F2INO2/c1-3-17-9(16)4-7-8(14)5-15-6(2)10(7)11(12)13/h5,11H,3-4H2,1-2H3. The average molecular weight is 355 g/mol. The normalized spacial score (nSPS) is 10.7. The van der Waals surface area contributed by atoms with E-state index in [2.05, 4.69) is 4.98 Å².